The van der Waals surface area contributed by atoms with Gasteiger partial charge in [-0.3, -0.25) is 0 Å². The molecule has 0 fully saturated rings. The van der Waals surface area contributed by atoms with Crippen molar-refractivity contribution >= 4 is 17.0 Å². The third kappa shape index (κ3) is 3.74. The van der Waals surface area contributed by atoms with E-state index in [1.807, 2.05) is 6.92 Å². The van der Waals surface area contributed by atoms with E-state index in [2.05, 4.69) is 46.9 Å². The smallest absolute Gasteiger partial charge is 0.273 e. The van der Waals surface area contributed by atoms with Gasteiger partial charge in [-0.2, -0.15) is 0 Å². The van der Waals surface area contributed by atoms with Gasteiger partial charge in [0.1, 0.15) is 0 Å². The number of rotatable bonds is 6. The topological polar surface area (TPSA) is 34.1 Å². The van der Waals surface area contributed by atoms with Gasteiger partial charge in [0, 0.05) is 24.0 Å². The summed E-state index contributed by atoms with van der Waals surface area (Å²) in [4.78, 5) is 4.40. The summed E-state index contributed by atoms with van der Waals surface area (Å²) in [5, 5.41) is 6.21. The van der Waals surface area contributed by atoms with Crippen molar-refractivity contribution in [3.05, 3.63) is 40.9 Å². The second-order valence-corrected chi connectivity index (χ2v) is 4.90. The molecule has 0 unspecified atom stereocenters. The Bertz CT molecular complexity index is 479. The summed E-state index contributed by atoms with van der Waals surface area (Å²) in [5.74, 6) is 0. The van der Waals surface area contributed by atoms with Crippen LogP contribution in [0.4, 0.5) is 5.69 Å². The van der Waals surface area contributed by atoms with Gasteiger partial charge >= 0.3 is 0 Å². The molecule has 1 heterocycles. The van der Waals surface area contributed by atoms with E-state index >= 15 is 0 Å². The predicted molar refractivity (Wildman–Crippen MR) is 76.7 cm³/mol. The van der Waals surface area contributed by atoms with Crippen LogP contribution in [-0.4, -0.2) is 18.1 Å². The summed E-state index contributed by atoms with van der Waals surface area (Å²) in [6.07, 6.45) is 0.914. The third-order valence-electron chi connectivity index (χ3n) is 2.56. The Hall–Kier alpha value is -1.55. The molecule has 2 rings (SSSR count). The zero-order valence-corrected chi connectivity index (χ0v) is 11.6. The second kappa shape index (κ2) is 6.40. The van der Waals surface area contributed by atoms with Gasteiger partial charge < -0.3 is 10.1 Å². The van der Waals surface area contributed by atoms with E-state index in [0.717, 1.165) is 29.5 Å². The zero-order valence-electron chi connectivity index (χ0n) is 10.8. The number of aromatic nitrogens is 1. The molecule has 4 heteroatoms. The van der Waals surface area contributed by atoms with Gasteiger partial charge in [0.2, 0.25) is 0 Å². The molecule has 0 spiro atoms. The standard InChI is InChI=1S/C14H18N2OS/c1-3-17-14-16-13(10-18-14)8-9-15-12-6-4-11(2)5-7-12/h4-7,10,15H,3,8-9H2,1-2H3. The molecule has 1 aromatic carbocycles. The fraction of sp³-hybridized carbons (Fsp3) is 0.357. The van der Waals surface area contributed by atoms with Crippen molar-refractivity contribution in [2.45, 2.75) is 20.3 Å². The fourth-order valence-electron chi connectivity index (χ4n) is 1.60. The first-order valence-electron chi connectivity index (χ1n) is 6.15. The maximum Gasteiger partial charge on any atom is 0.273 e. The van der Waals surface area contributed by atoms with Crippen LogP contribution in [0.2, 0.25) is 0 Å². The van der Waals surface area contributed by atoms with Crippen LogP contribution >= 0.6 is 11.3 Å². The minimum Gasteiger partial charge on any atom is -0.470 e. The molecule has 0 saturated heterocycles. The Balaban J connectivity index is 1.79. The molecule has 0 atom stereocenters. The maximum atomic E-state index is 5.35. The van der Waals surface area contributed by atoms with Crippen molar-refractivity contribution in [2.75, 3.05) is 18.5 Å². The van der Waals surface area contributed by atoms with Crippen molar-refractivity contribution in [2.24, 2.45) is 0 Å². The first-order chi connectivity index (χ1) is 8.78. The highest BCUT2D eigenvalue weighted by Gasteiger charge is 2.01. The molecular weight excluding hydrogens is 244 g/mol. The molecule has 2 aromatic rings. The molecule has 0 aliphatic carbocycles. The van der Waals surface area contributed by atoms with Gasteiger partial charge in [0.15, 0.2) is 0 Å². The molecule has 1 aromatic heterocycles. The molecule has 3 nitrogen and oxygen atoms in total. The van der Waals surface area contributed by atoms with Crippen LogP contribution in [-0.2, 0) is 6.42 Å². The van der Waals surface area contributed by atoms with E-state index in [-0.39, 0.29) is 0 Å². The molecule has 0 radical (unpaired) electrons. The lowest BCUT2D eigenvalue weighted by atomic mass is 10.2. The molecule has 0 aliphatic rings. The number of nitrogens with one attached hydrogen (secondary N) is 1. The van der Waals surface area contributed by atoms with E-state index in [9.17, 15) is 0 Å². The van der Waals surface area contributed by atoms with E-state index in [4.69, 9.17) is 4.74 Å². The molecule has 0 amide bonds. The van der Waals surface area contributed by atoms with Crippen molar-refractivity contribution in [3.63, 3.8) is 0 Å². The highest BCUT2D eigenvalue weighted by molar-refractivity contribution is 7.11. The fourth-order valence-corrected chi connectivity index (χ4v) is 2.36. The molecule has 0 aliphatic heterocycles. The summed E-state index contributed by atoms with van der Waals surface area (Å²) in [7, 11) is 0. The Morgan fingerprint density at radius 3 is 2.78 bits per heavy atom. The first kappa shape index (κ1) is 12.9. The summed E-state index contributed by atoms with van der Waals surface area (Å²) in [6, 6.07) is 8.42. The van der Waals surface area contributed by atoms with Crippen LogP contribution in [0.3, 0.4) is 0 Å². The van der Waals surface area contributed by atoms with Crippen LogP contribution < -0.4 is 10.1 Å². The minimum atomic E-state index is 0.675. The van der Waals surface area contributed by atoms with Crippen LogP contribution in [0, 0.1) is 6.92 Å². The largest absolute Gasteiger partial charge is 0.470 e. The average Bonchev–Trinajstić information content (AvgIpc) is 2.80. The van der Waals surface area contributed by atoms with Gasteiger partial charge in [0.25, 0.3) is 5.19 Å². The monoisotopic (exact) mass is 262 g/mol. The van der Waals surface area contributed by atoms with Gasteiger partial charge in [-0.05, 0) is 26.0 Å². The lowest BCUT2D eigenvalue weighted by molar-refractivity contribution is 0.337. The SMILES string of the molecule is CCOc1nc(CCNc2ccc(C)cc2)cs1. The lowest BCUT2D eigenvalue weighted by Gasteiger charge is -2.05. The molecule has 1 N–H and O–H groups in total. The summed E-state index contributed by atoms with van der Waals surface area (Å²) >= 11 is 1.56. The molecule has 96 valence electrons. The van der Waals surface area contributed by atoms with Crippen LogP contribution in [0.5, 0.6) is 5.19 Å². The van der Waals surface area contributed by atoms with Gasteiger partial charge in [-0.1, -0.05) is 29.0 Å². The Kier molecular flexibility index (Phi) is 4.59. The summed E-state index contributed by atoms with van der Waals surface area (Å²) in [6.45, 7) is 5.63. The van der Waals surface area contributed by atoms with E-state index < -0.39 is 0 Å². The quantitative estimate of drug-likeness (QED) is 0.865. The highest BCUT2D eigenvalue weighted by Crippen LogP contribution is 2.18. The Morgan fingerprint density at radius 2 is 2.06 bits per heavy atom. The van der Waals surface area contributed by atoms with Gasteiger partial charge in [0.05, 0.1) is 12.3 Å². The van der Waals surface area contributed by atoms with Crippen LogP contribution in [0.25, 0.3) is 0 Å². The van der Waals surface area contributed by atoms with Crippen molar-refractivity contribution in [1.29, 1.82) is 0 Å². The number of anilines is 1. The van der Waals surface area contributed by atoms with E-state index in [0.29, 0.717) is 6.61 Å². The Morgan fingerprint density at radius 1 is 1.28 bits per heavy atom. The zero-order chi connectivity index (χ0) is 12.8. The maximum absolute atomic E-state index is 5.35. The number of benzene rings is 1. The molecular formula is C14H18N2OS. The number of nitrogens with zero attached hydrogens (tertiary/aromatic N) is 1. The molecule has 18 heavy (non-hydrogen) atoms. The van der Waals surface area contributed by atoms with Crippen molar-refractivity contribution in [3.8, 4) is 5.19 Å². The number of hydrogen-bond donors (Lipinski definition) is 1. The molecule has 0 saturated carbocycles. The minimum absolute atomic E-state index is 0.675. The third-order valence-corrected chi connectivity index (χ3v) is 3.36. The van der Waals surface area contributed by atoms with Crippen LogP contribution in [0.15, 0.2) is 29.6 Å². The van der Waals surface area contributed by atoms with Crippen LogP contribution in [0.1, 0.15) is 18.2 Å². The number of ether oxygens (including phenoxy) is 1. The van der Waals surface area contributed by atoms with E-state index in [1.165, 1.54) is 5.56 Å². The number of hydrogen-bond acceptors (Lipinski definition) is 4. The Labute approximate surface area is 112 Å². The highest BCUT2D eigenvalue weighted by atomic mass is 32.1. The number of thiazole rings is 1. The lowest BCUT2D eigenvalue weighted by Crippen LogP contribution is -2.05. The summed E-state index contributed by atoms with van der Waals surface area (Å²) in [5.41, 5.74) is 3.52. The second-order valence-electron chi connectivity index (χ2n) is 4.08. The normalized spacial score (nSPS) is 10.3. The van der Waals surface area contributed by atoms with Crippen molar-refractivity contribution < 1.29 is 4.74 Å². The summed E-state index contributed by atoms with van der Waals surface area (Å²) < 4.78 is 5.35. The van der Waals surface area contributed by atoms with Crippen molar-refractivity contribution in [1.82, 2.24) is 4.98 Å². The first-order valence-corrected chi connectivity index (χ1v) is 7.03. The number of aryl methyl sites for hydroxylation is 1. The van der Waals surface area contributed by atoms with Gasteiger partial charge in [-0.15, -0.1) is 0 Å². The predicted octanol–water partition coefficient (Wildman–Crippen LogP) is 3.50. The van der Waals surface area contributed by atoms with Gasteiger partial charge in [-0.25, -0.2) is 4.98 Å². The van der Waals surface area contributed by atoms with E-state index in [1.54, 1.807) is 11.3 Å². The molecule has 0 bridgehead atoms. The average molecular weight is 262 g/mol.